The minimum Gasteiger partial charge on any atom is -0.445 e. The van der Waals surface area contributed by atoms with Crippen LogP contribution in [-0.4, -0.2) is 48.4 Å². The molecule has 0 aromatic heterocycles. The van der Waals surface area contributed by atoms with Gasteiger partial charge in [0, 0.05) is 24.6 Å². The van der Waals surface area contributed by atoms with Crippen molar-refractivity contribution in [1.82, 2.24) is 10.2 Å². The van der Waals surface area contributed by atoms with Gasteiger partial charge in [-0.15, -0.1) is 0 Å². The summed E-state index contributed by atoms with van der Waals surface area (Å²) in [5, 5.41) is 12.5. The molecule has 53 heavy (non-hydrogen) atoms. The third-order valence-electron chi connectivity index (χ3n) is 10.5. The number of ether oxygens (including phenoxy) is 3. The van der Waals surface area contributed by atoms with Crippen molar-refractivity contribution in [2.75, 3.05) is 26.2 Å². The van der Waals surface area contributed by atoms with E-state index >= 15 is 0 Å². The molecule has 1 aliphatic heterocycles. The Kier molecular flexibility index (Phi) is 19.2. The predicted molar refractivity (Wildman–Crippen MR) is 216 cm³/mol. The second kappa shape index (κ2) is 24.0. The minimum atomic E-state index is -0.519. The number of hydrogen-bond donors (Lipinski definition) is 2. The fourth-order valence-corrected chi connectivity index (χ4v) is 7.24. The molecule has 4 rings (SSSR count). The fraction of sp³-hybridized carbons (Fsp3) is 0.543. The molecule has 0 radical (unpaired) electrons. The van der Waals surface area contributed by atoms with Crippen LogP contribution in [0.4, 0.5) is 4.79 Å². The lowest BCUT2D eigenvalue weighted by molar-refractivity contribution is -0.276. The highest BCUT2D eigenvalue weighted by Gasteiger charge is 2.39. The summed E-state index contributed by atoms with van der Waals surface area (Å²) in [6.07, 6.45) is 15.9. The molecule has 0 aliphatic carbocycles. The molecular formula is C46H66N2O5. The van der Waals surface area contributed by atoms with Gasteiger partial charge in [0.25, 0.3) is 0 Å². The van der Waals surface area contributed by atoms with Crippen molar-refractivity contribution in [3.63, 3.8) is 0 Å². The number of unbranched alkanes of at least 4 members (excludes halogenated alkanes) is 10. The zero-order chi connectivity index (χ0) is 37.7. The Morgan fingerprint density at radius 2 is 1.42 bits per heavy atom. The van der Waals surface area contributed by atoms with Crippen molar-refractivity contribution in [1.29, 1.82) is 0 Å². The summed E-state index contributed by atoms with van der Waals surface area (Å²) >= 11 is 0. The third kappa shape index (κ3) is 14.0. The number of carbonyl (C=O) groups is 1. The van der Waals surface area contributed by atoms with E-state index in [0.717, 1.165) is 53.0 Å². The fourth-order valence-electron chi connectivity index (χ4n) is 7.24. The van der Waals surface area contributed by atoms with Gasteiger partial charge < -0.3 is 29.5 Å². The molecule has 1 heterocycles. The summed E-state index contributed by atoms with van der Waals surface area (Å²) in [7, 11) is 0. The standard InChI is InChI=1S/C46H66N2O5/c1-5-8-10-12-14-18-30-48(31-19-15-13-11-9-6-2)34-43-36(4)44(39-24-22-37(35-49)23-25-39)53-45(52-43)40-28-26-38(27-29-40)42-21-17-16-20-41(42)33-47-46(50)51-32-7-3/h7,16-17,20-29,36,43-45,49H,3,5-6,8-15,18-19,30-35H2,1-2,4H3,(H,47,50)/t36-,43+,44+,45+/m1/s1. The van der Waals surface area contributed by atoms with Gasteiger partial charge in [0.15, 0.2) is 6.29 Å². The highest BCUT2D eigenvalue weighted by Crippen LogP contribution is 2.42. The highest BCUT2D eigenvalue weighted by atomic mass is 16.7. The van der Waals surface area contributed by atoms with Gasteiger partial charge in [-0.05, 0) is 53.7 Å². The lowest BCUT2D eigenvalue weighted by atomic mass is 9.89. The smallest absolute Gasteiger partial charge is 0.407 e. The number of carbonyl (C=O) groups excluding carboxylic acids is 1. The topological polar surface area (TPSA) is 80.3 Å². The van der Waals surface area contributed by atoms with Crippen LogP contribution in [0.1, 0.15) is 132 Å². The van der Waals surface area contributed by atoms with Gasteiger partial charge in [0.05, 0.1) is 18.8 Å². The molecule has 1 saturated heterocycles. The second-order valence-electron chi connectivity index (χ2n) is 14.7. The molecule has 1 fully saturated rings. The summed E-state index contributed by atoms with van der Waals surface area (Å²) in [5.74, 6) is 0.139. The number of nitrogens with zero attached hydrogens (tertiary/aromatic N) is 1. The molecule has 0 spiro atoms. The second-order valence-corrected chi connectivity index (χ2v) is 14.7. The van der Waals surface area contributed by atoms with Gasteiger partial charge in [0.2, 0.25) is 0 Å². The van der Waals surface area contributed by atoms with Gasteiger partial charge in [-0.25, -0.2) is 4.79 Å². The van der Waals surface area contributed by atoms with Crippen LogP contribution in [0.2, 0.25) is 0 Å². The number of nitrogens with one attached hydrogen (secondary N) is 1. The molecule has 290 valence electrons. The Bertz CT molecular complexity index is 1440. The van der Waals surface area contributed by atoms with Gasteiger partial charge >= 0.3 is 6.09 Å². The highest BCUT2D eigenvalue weighted by molar-refractivity contribution is 5.70. The maximum atomic E-state index is 12.1. The molecular weight excluding hydrogens is 661 g/mol. The van der Waals surface area contributed by atoms with Crippen LogP contribution in [0.25, 0.3) is 11.1 Å². The monoisotopic (exact) mass is 726 g/mol. The number of alkyl carbamates (subject to hydrolysis) is 1. The SMILES string of the molecule is C=CCOC(=O)NCc1ccccc1-c1ccc([C@H]2O[C@@H](CN(CCCCCCCC)CCCCCCCC)[C@@H](C)[C@@H](c3ccc(CO)cc3)O2)cc1. The number of amides is 1. The van der Waals surface area contributed by atoms with Crippen molar-refractivity contribution in [2.24, 2.45) is 5.92 Å². The first-order chi connectivity index (χ1) is 26.0. The Labute approximate surface area is 320 Å². The number of rotatable bonds is 24. The van der Waals surface area contributed by atoms with E-state index in [4.69, 9.17) is 14.2 Å². The van der Waals surface area contributed by atoms with Crippen LogP contribution in [0, 0.1) is 5.92 Å². The molecule has 1 aliphatic rings. The molecule has 1 amide bonds. The van der Waals surface area contributed by atoms with E-state index in [9.17, 15) is 9.90 Å². The molecule has 3 aromatic carbocycles. The Morgan fingerprint density at radius 3 is 2.04 bits per heavy atom. The molecule has 7 heteroatoms. The van der Waals surface area contributed by atoms with Crippen LogP contribution in [0.3, 0.4) is 0 Å². The van der Waals surface area contributed by atoms with E-state index in [1.54, 1.807) is 6.08 Å². The van der Waals surface area contributed by atoms with Crippen LogP contribution >= 0.6 is 0 Å². The average Bonchev–Trinajstić information content (AvgIpc) is 3.19. The number of benzene rings is 3. The van der Waals surface area contributed by atoms with E-state index in [-0.39, 0.29) is 31.3 Å². The Balaban J connectivity index is 1.52. The summed E-state index contributed by atoms with van der Waals surface area (Å²) in [6, 6.07) is 24.7. The number of hydrogen-bond acceptors (Lipinski definition) is 6. The van der Waals surface area contributed by atoms with E-state index in [1.807, 2.05) is 30.3 Å². The summed E-state index contributed by atoms with van der Waals surface area (Å²) in [5.41, 5.74) is 6.07. The van der Waals surface area contributed by atoms with Gasteiger partial charge in [-0.1, -0.05) is 170 Å². The van der Waals surface area contributed by atoms with Crippen LogP contribution in [-0.2, 0) is 27.4 Å². The summed E-state index contributed by atoms with van der Waals surface area (Å²) < 4.78 is 18.8. The third-order valence-corrected chi connectivity index (χ3v) is 10.5. The lowest BCUT2D eigenvalue weighted by Crippen LogP contribution is -2.45. The van der Waals surface area contributed by atoms with Crippen molar-refractivity contribution >= 4 is 6.09 Å². The Hall–Kier alpha value is -3.49. The van der Waals surface area contributed by atoms with Crippen LogP contribution < -0.4 is 5.32 Å². The quantitative estimate of drug-likeness (QED) is 0.0707. The van der Waals surface area contributed by atoms with Gasteiger partial charge in [-0.3, -0.25) is 0 Å². The van der Waals surface area contributed by atoms with Gasteiger partial charge in [-0.2, -0.15) is 0 Å². The van der Waals surface area contributed by atoms with Crippen molar-refractivity contribution in [2.45, 2.75) is 129 Å². The van der Waals surface area contributed by atoms with Crippen molar-refractivity contribution in [3.05, 3.63) is 108 Å². The first-order valence-electron chi connectivity index (χ1n) is 20.4. The summed E-state index contributed by atoms with van der Waals surface area (Å²) in [6.45, 7) is 14.0. The average molecular weight is 727 g/mol. The maximum absolute atomic E-state index is 12.1. The first kappa shape index (κ1) is 42.3. The normalized spacial score (nSPS) is 18.6. The molecule has 0 saturated carbocycles. The molecule has 7 nitrogen and oxygen atoms in total. The lowest BCUT2D eigenvalue weighted by Gasteiger charge is -2.43. The molecule has 0 unspecified atom stereocenters. The molecule has 0 bridgehead atoms. The molecule has 4 atom stereocenters. The minimum absolute atomic E-state index is 0.0104. The Morgan fingerprint density at radius 1 is 0.811 bits per heavy atom. The van der Waals surface area contributed by atoms with E-state index < -0.39 is 12.4 Å². The summed E-state index contributed by atoms with van der Waals surface area (Å²) in [4.78, 5) is 14.8. The largest absolute Gasteiger partial charge is 0.445 e. The maximum Gasteiger partial charge on any atom is 0.407 e. The molecule has 3 aromatic rings. The zero-order valence-electron chi connectivity index (χ0n) is 32.8. The first-order valence-corrected chi connectivity index (χ1v) is 20.4. The van der Waals surface area contributed by atoms with Crippen LogP contribution in [0.5, 0.6) is 0 Å². The molecule has 2 N–H and O–H groups in total. The van der Waals surface area contributed by atoms with Gasteiger partial charge in [0.1, 0.15) is 6.61 Å². The van der Waals surface area contributed by atoms with E-state index in [1.165, 1.54) is 77.0 Å². The zero-order valence-corrected chi connectivity index (χ0v) is 32.8. The predicted octanol–water partition coefficient (Wildman–Crippen LogP) is 11.1. The van der Waals surface area contributed by atoms with E-state index in [0.29, 0.717) is 6.54 Å². The van der Waals surface area contributed by atoms with E-state index in [2.05, 4.69) is 80.0 Å². The van der Waals surface area contributed by atoms with Crippen molar-refractivity contribution < 1.29 is 24.1 Å². The van der Waals surface area contributed by atoms with Crippen molar-refractivity contribution in [3.8, 4) is 11.1 Å². The number of aliphatic hydroxyl groups is 1. The number of aliphatic hydroxyl groups excluding tert-OH is 1. The van der Waals surface area contributed by atoms with Crippen LogP contribution in [0.15, 0.2) is 85.5 Å².